The first-order chi connectivity index (χ1) is 13.5. The third-order valence-corrected chi connectivity index (χ3v) is 5.26. The topological polar surface area (TPSA) is 70.7 Å². The molecular formula is C21H32ClN3O3. The molecule has 0 saturated carbocycles. The van der Waals surface area contributed by atoms with Crippen molar-refractivity contribution < 1.29 is 14.3 Å². The minimum atomic E-state index is -0.124. The Bertz CT molecular complexity index is 646. The monoisotopic (exact) mass is 409 g/mol. The molecular weight excluding hydrogens is 378 g/mol. The maximum atomic E-state index is 12.8. The van der Waals surface area contributed by atoms with Crippen LogP contribution in [0.5, 0.6) is 0 Å². The summed E-state index contributed by atoms with van der Waals surface area (Å²) in [5, 5.41) is 5.83. The lowest BCUT2D eigenvalue weighted by Crippen LogP contribution is -2.35. The van der Waals surface area contributed by atoms with E-state index in [0.29, 0.717) is 49.0 Å². The van der Waals surface area contributed by atoms with Crippen LogP contribution in [0.3, 0.4) is 0 Å². The van der Waals surface area contributed by atoms with E-state index in [1.807, 2.05) is 12.1 Å². The van der Waals surface area contributed by atoms with Crippen molar-refractivity contribution in [2.75, 3.05) is 49.4 Å². The number of hydrogen-bond donors (Lipinski definition) is 2. The summed E-state index contributed by atoms with van der Waals surface area (Å²) in [6.45, 7) is 5.29. The number of carbonyl (C=O) groups excluding carboxylic acids is 2. The van der Waals surface area contributed by atoms with Gasteiger partial charge in [0.2, 0.25) is 5.91 Å². The Labute approximate surface area is 172 Å². The minimum Gasteiger partial charge on any atom is -0.385 e. The number of amides is 2. The van der Waals surface area contributed by atoms with Crippen LogP contribution in [-0.2, 0) is 9.53 Å². The summed E-state index contributed by atoms with van der Waals surface area (Å²) in [4.78, 5) is 27.1. The van der Waals surface area contributed by atoms with Crippen LogP contribution in [0.4, 0.5) is 11.4 Å². The Morgan fingerprint density at radius 1 is 1.25 bits per heavy atom. The van der Waals surface area contributed by atoms with Gasteiger partial charge in [-0.05, 0) is 49.8 Å². The van der Waals surface area contributed by atoms with Crippen LogP contribution in [0, 0.1) is 5.92 Å². The third-order valence-electron chi connectivity index (χ3n) is 5.00. The Kier molecular flexibility index (Phi) is 9.58. The van der Waals surface area contributed by atoms with E-state index in [2.05, 4.69) is 22.5 Å². The van der Waals surface area contributed by atoms with Crippen LogP contribution >= 0.6 is 11.6 Å². The first-order valence-corrected chi connectivity index (χ1v) is 10.6. The number of carbonyl (C=O) groups is 2. The van der Waals surface area contributed by atoms with Crippen LogP contribution in [0.15, 0.2) is 18.2 Å². The highest BCUT2D eigenvalue weighted by molar-refractivity contribution is 6.18. The Morgan fingerprint density at radius 2 is 2.00 bits per heavy atom. The molecule has 0 radical (unpaired) electrons. The fraction of sp³-hybridized carbons (Fsp3) is 0.619. The summed E-state index contributed by atoms with van der Waals surface area (Å²) in [6.07, 6.45) is 3.99. The molecule has 156 valence electrons. The molecule has 2 amide bonds. The molecule has 6 nitrogen and oxygen atoms in total. The number of piperidine rings is 1. The molecule has 1 aromatic carbocycles. The minimum absolute atomic E-state index is 0.0911. The number of nitrogens with one attached hydrogen (secondary N) is 2. The average molecular weight is 410 g/mol. The van der Waals surface area contributed by atoms with E-state index in [1.54, 1.807) is 13.2 Å². The number of hydrogen-bond acceptors (Lipinski definition) is 4. The van der Waals surface area contributed by atoms with E-state index in [0.717, 1.165) is 38.0 Å². The number of alkyl halides is 1. The van der Waals surface area contributed by atoms with Crippen molar-refractivity contribution in [2.45, 2.75) is 39.0 Å². The highest BCUT2D eigenvalue weighted by Gasteiger charge is 2.21. The SMILES string of the molecule is COCCCNC(=O)c1cc(NC(=O)CCCCl)ccc1N1CCC(C)CC1. The summed E-state index contributed by atoms with van der Waals surface area (Å²) in [7, 11) is 1.65. The standard InChI is InChI=1S/C21H32ClN3O3/c1-16-8-12-25(13-9-16)19-7-6-17(24-20(26)5-3-10-22)15-18(19)21(27)23-11-4-14-28-2/h6-7,15-16H,3-5,8-14H2,1-2H3,(H,23,27)(H,24,26). The normalized spacial score (nSPS) is 14.8. The predicted octanol–water partition coefficient (Wildman–Crippen LogP) is 3.65. The smallest absolute Gasteiger partial charge is 0.253 e. The number of anilines is 2. The molecule has 1 aliphatic rings. The van der Waals surface area contributed by atoms with Gasteiger partial charge >= 0.3 is 0 Å². The predicted molar refractivity (Wildman–Crippen MR) is 114 cm³/mol. The molecule has 1 heterocycles. The molecule has 1 saturated heterocycles. The van der Waals surface area contributed by atoms with Crippen molar-refractivity contribution in [1.29, 1.82) is 0 Å². The number of nitrogens with zero attached hydrogens (tertiary/aromatic N) is 1. The molecule has 0 aromatic heterocycles. The van der Waals surface area contributed by atoms with Gasteiger partial charge in [0, 0.05) is 57.0 Å². The Balaban J connectivity index is 2.15. The second-order valence-electron chi connectivity index (χ2n) is 7.34. The van der Waals surface area contributed by atoms with Gasteiger partial charge in [0.25, 0.3) is 5.91 Å². The van der Waals surface area contributed by atoms with Crippen LogP contribution in [-0.4, -0.2) is 51.0 Å². The largest absolute Gasteiger partial charge is 0.385 e. The lowest BCUT2D eigenvalue weighted by molar-refractivity contribution is -0.116. The molecule has 1 fully saturated rings. The molecule has 2 N–H and O–H groups in total. The van der Waals surface area contributed by atoms with Crippen molar-refractivity contribution in [2.24, 2.45) is 5.92 Å². The van der Waals surface area contributed by atoms with Gasteiger partial charge in [-0.2, -0.15) is 0 Å². The number of benzene rings is 1. The second kappa shape index (κ2) is 11.9. The molecule has 7 heteroatoms. The van der Waals surface area contributed by atoms with Crippen LogP contribution in [0.2, 0.25) is 0 Å². The van der Waals surface area contributed by atoms with Gasteiger partial charge < -0.3 is 20.3 Å². The summed E-state index contributed by atoms with van der Waals surface area (Å²) >= 11 is 5.66. The second-order valence-corrected chi connectivity index (χ2v) is 7.72. The summed E-state index contributed by atoms with van der Waals surface area (Å²) in [5.41, 5.74) is 2.16. The van der Waals surface area contributed by atoms with Crippen molar-refractivity contribution in [3.63, 3.8) is 0 Å². The van der Waals surface area contributed by atoms with Crippen LogP contribution < -0.4 is 15.5 Å². The van der Waals surface area contributed by atoms with Gasteiger partial charge in [0.05, 0.1) is 5.56 Å². The fourth-order valence-corrected chi connectivity index (χ4v) is 3.42. The highest BCUT2D eigenvalue weighted by Crippen LogP contribution is 2.28. The van der Waals surface area contributed by atoms with Crippen molar-refractivity contribution in [1.82, 2.24) is 5.32 Å². The molecule has 28 heavy (non-hydrogen) atoms. The maximum absolute atomic E-state index is 12.8. The zero-order valence-electron chi connectivity index (χ0n) is 16.9. The van der Waals surface area contributed by atoms with E-state index in [9.17, 15) is 9.59 Å². The van der Waals surface area contributed by atoms with Gasteiger partial charge in [-0.3, -0.25) is 9.59 Å². The van der Waals surface area contributed by atoms with E-state index in [-0.39, 0.29) is 11.8 Å². The first kappa shape index (κ1) is 22.5. The van der Waals surface area contributed by atoms with Gasteiger partial charge in [-0.1, -0.05) is 6.92 Å². The quantitative estimate of drug-likeness (QED) is 0.457. The summed E-state index contributed by atoms with van der Waals surface area (Å²) < 4.78 is 5.04. The molecule has 0 unspecified atom stereocenters. The molecule has 0 aliphatic carbocycles. The molecule has 1 aliphatic heterocycles. The van der Waals surface area contributed by atoms with Crippen molar-refractivity contribution in [3.8, 4) is 0 Å². The summed E-state index contributed by atoms with van der Waals surface area (Å²) in [6, 6.07) is 5.59. The van der Waals surface area contributed by atoms with Gasteiger partial charge in [0.15, 0.2) is 0 Å². The molecule has 0 atom stereocenters. The first-order valence-electron chi connectivity index (χ1n) is 10.1. The molecule has 1 aromatic rings. The molecule has 2 rings (SSSR count). The Morgan fingerprint density at radius 3 is 2.68 bits per heavy atom. The van der Waals surface area contributed by atoms with Gasteiger partial charge in [0.1, 0.15) is 0 Å². The van der Waals surface area contributed by atoms with Crippen LogP contribution in [0.25, 0.3) is 0 Å². The average Bonchev–Trinajstić information content (AvgIpc) is 2.70. The highest BCUT2D eigenvalue weighted by atomic mass is 35.5. The van der Waals surface area contributed by atoms with Gasteiger partial charge in [-0.25, -0.2) is 0 Å². The molecule has 0 spiro atoms. The zero-order chi connectivity index (χ0) is 20.4. The fourth-order valence-electron chi connectivity index (χ4n) is 3.29. The maximum Gasteiger partial charge on any atom is 0.253 e. The lowest BCUT2D eigenvalue weighted by atomic mass is 9.97. The zero-order valence-corrected chi connectivity index (χ0v) is 17.7. The van der Waals surface area contributed by atoms with Gasteiger partial charge in [-0.15, -0.1) is 11.6 Å². The van der Waals surface area contributed by atoms with Crippen LogP contribution in [0.1, 0.15) is 49.4 Å². The van der Waals surface area contributed by atoms with E-state index in [4.69, 9.17) is 16.3 Å². The summed E-state index contributed by atoms with van der Waals surface area (Å²) in [5.74, 6) is 0.950. The number of ether oxygens (including phenoxy) is 1. The molecule has 0 bridgehead atoms. The Hall–Kier alpha value is -1.79. The number of rotatable bonds is 10. The van der Waals surface area contributed by atoms with E-state index >= 15 is 0 Å². The lowest BCUT2D eigenvalue weighted by Gasteiger charge is -2.33. The van der Waals surface area contributed by atoms with Crippen molar-refractivity contribution >= 4 is 34.8 Å². The third kappa shape index (κ3) is 6.99. The van der Waals surface area contributed by atoms with E-state index in [1.165, 1.54) is 0 Å². The number of methoxy groups -OCH3 is 1. The van der Waals surface area contributed by atoms with Crippen molar-refractivity contribution in [3.05, 3.63) is 23.8 Å². The number of halogens is 1. The van der Waals surface area contributed by atoms with E-state index < -0.39 is 0 Å².